The second-order valence-corrected chi connectivity index (χ2v) is 3.49. The Hall–Kier alpha value is -0.770. The van der Waals surface area contributed by atoms with Crippen molar-refractivity contribution < 1.29 is 9.59 Å². The fourth-order valence-corrected chi connectivity index (χ4v) is 1.36. The normalized spacial score (nSPS) is 26.2. The van der Waals surface area contributed by atoms with Crippen LogP contribution in [-0.4, -0.2) is 23.1 Å². The van der Waals surface area contributed by atoms with E-state index in [2.05, 4.69) is 10.2 Å². The Morgan fingerprint density at radius 3 is 2.58 bits per heavy atom. The Balaban J connectivity index is 2.90. The van der Waals surface area contributed by atoms with Gasteiger partial charge in [0.2, 0.25) is 0 Å². The van der Waals surface area contributed by atoms with E-state index in [1.165, 1.54) is 0 Å². The first-order valence-electron chi connectivity index (χ1n) is 3.54. The largest absolute Gasteiger partial charge is 0.297 e. The molecule has 66 valence electrons. The molecule has 5 heteroatoms. The smallest absolute Gasteiger partial charge is 0.277 e. The molecular formula is C7H9ClN2O2. The number of ketones is 1. The molecule has 0 aromatic carbocycles. The van der Waals surface area contributed by atoms with Gasteiger partial charge in [-0.3, -0.25) is 9.59 Å². The third-order valence-corrected chi connectivity index (χ3v) is 2.08. The SMILES string of the molecule is CC1(C)N=NC(=O)C1C(=O)CCl. The highest BCUT2D eigenvalue weighted by molar-refractivity contribution is 6.30. The zero-order valence-corrected chi connectivity index (χ0v) is 7.63. The number of rotatable bonds is 2. The Labute approximate surface area is 75.0 Å². The van der Waals surface area contributed by atoms with E-state index in [4.69, 9.17) is 11.6 Å². The van der Waals surface area contributed by atoms with Crippen molar-refractivity contribution in [1.29, 1.82) is 0 Å². The van der Waals surface area contributed by atoms with Gasteiger partial charge in [0.25, 0.3) is 5.91 Å². The lowest BCUT2D eigenvalue weighted by Crippen LogP contribution is -2.36. The van der Waals surface area contributed by atoms with Crippen LogP contribution < -0.4 is 0 Å². The molecule has 0 aromatic rings. The number of alkyl halides is 1. The lowest BCUT2D eigenvalue weighted by Gasteiger charge is -2.18. The number of halogens is 1. The molecule has 0 aromatic heterocycles. The van der Waals surface area contributed by atoms with E-state index in [1.54, 1.807) is 13.8 Å². The van der Waals surface area contributed by atoms with Crippen LogP contribution in [0.25, 0.3) is 0 Å². The third-order valence-electron chi connectivity index (χ3n) is 1.81. The fraction of sp³-hybridized carbons (Fsp3) is 0.714. The van der Waals surface area contributed by atoms with Crippen LogP contribution in [0.5, 0.6) is 0 Å². The molecule has 12 heavy (non-hydrogen) atoms. The van der Waals surface area contributed by atoms with E-state index in [1.807, 2.05) is 0 Å². The average molecular weight is 189 g/mol. The lowest BCUT2D eigenvalue weighted by atomic mass is 9.86. The van der Waals surface area contributed by atoms with Gasteiger partial charge in [0.1, 0.15) is 5.92 Å². The third kappa shape index (κ3) is 1.39. The Bertz CT molecular complexity index is 260. The summed E-state index contributed by atoms with van der Waals surface area (Å²) in [7, 11) is 0. The molecule has 0 bridgehead atoms. The summed E-state index contributed by atoms with van der Waals surface area (Å²) in [6.07, 6.45) is 0. The Kier molecular flexibility index (Phi) is 2.28. The summed E-state index contributed by atoms with van der Waals surface area (Å²) >= 11 is 5.34. The maximum atomic E-state index is 11.2. The fourth-order valence-electron chi connectivity index (χ4n) is 1.20. The summed E-state index contributed by atoms with van der Waals surface area (Å²) in [6.45, 7) is 3.38. The van der Waals surface area contributed by atoms with Crippen LogP contribution in [0.1, 0.15) is 13.8 Å². The zero-order valence-electron chi connectivity index (χ0n) is 6.87. The molecule has 0 radical (unpaired) electrons. The number of Topliss-reactive ketones (excluding diaryl/α,β-unsaturated/α-hetero) is 1. The highest BCUT2D eigenvalue weighted by Crippen LogP contribution is 2.30. The number of amides is 1. The molecule has 0 saturated carbocycles. The number of carbonyl (C=O) groups excluding carboxylic acids is 2. The molecule has 0 saturated heterocycles. The second-order valence-electron chi connectivity index (χ2n) is 3.22. The average Bonchev–Trinajstić information content (AvgIpc) is 2.25. The molecule has 0 fully saturated rings. The number of nitrogens with zero attached hydrogens (tertiary/aromatic N) is 2. The molecule has 1 heterocycles. The molecule has 0 aliphatic carbocycles. The maximum absolute atomic E-state index is 11.2. The van der Waals surface area contributed by atoms with Crippen molar-refractivity contribution in [2.45, 2.75) is 19.4 Å². The molecule has 0 spiro atoms. The Morgan fingerprint density at radius 1 is 1.67 bits per heavy atom. The summed E-state index contributed by atoms with van der Waals surface area (Å²) in [5.74, 6) is -1.73. The van der Waals surface area contributed by atoms with Crippen LogP contribution in [-0.2, 0) is 9.59 Å². The standard InChI is InChI=1S/C7H9ClN2O2/c1-7(2)5(4(11)3-8)6(12)9-10-7/h5H,3H2,1-2H3. The molecule has 1 rings (SSSR count). The Morgan fingerprint density at radius 2 is 2.25 bits per heavy atom. The monoisotopic (exact) mass is 188 g/mol. The number of hydrogen-bond acceptors (Lipinski definition) is 3. The van der Waals surface area contributed by atoms with Gasteiger partial charge in [-0.1, -0.05) is 0 Å². The van der Waals surface area contributed by atoms with Gasteiger partial charge in [-0.2, -0.15) is 5.11 Å². The number of carbonyl (C=O) groups is 2. The van der Waals surface area contributed by atoms with E-state index < -0.39 is 17.4 Å². The van der Waals surface area contributed by atoms with Gasteiger partial charge in [0, 0.05) is 0 Å². The molecule has 4 nitrogen and oxygen atoms in total. The van der Waals surface area contributed by atoms with Crippen molar-refractivity contribution in [3.8, 4) is 0 Å². The molecule has 0 N–H and O–H groups in total. The van der Waals surface area contributed by atoms with E-state index in [0.29, 0.717) is 0 Å². The van der Waals surface area contributed by atoms with E-state index in [-0.39, 0.29) is 11.7 Å². The molecule has 1 atom stereocenters. The molecular weight excluding hydrogens is 180 g/mol. The van der Waals surface area contributed by atoms with Crippen molar-refractivity contribution in [1.82, 2.24) is 0 Å². The van der Waals surface area contributed by atoms with Crippen molar-refractivity contribution in [3.05, 3.63) is 0 Å². The minimum absolute atomic E-state index is 0.162. The van der Waals surface area contributed by atoms with Gasteiger partial charge in [0.05, 0.1) is 11.4 Å². The zero-order chi connectivity index (χ0) is 9.35. The van der Waals surface area contributed by atoms with Crippen LogP contribution in [0.3, 0.4) is 0 Å². The highest BCUT2D eigenvalue weighted by atomic mass is 35.5. The first-order chi connectivity index (χ1) is 5.49. The van der Waals surface area contributed by atoms with Crippen LogP contribution in [0.2, 0.25) is 0 Å². The van der Waals surface area contributed by atoms with Crippen LogP contribution in [0.4, 0.5) is 0 Å². The summed E-state index contributed by atoms with van der Waals surface area (Å²) in [5, 5.41) is 7.04. The lowest BCUT2D eigenvalue weighted by molar-refractivity contribution is -0.131. The van der Waals surface area contributed by atoms with Crippen molar-refractivity contribution in [2.24, 2.45) is 16.1 Å². The summed E-state index contributed by atoms with van der Waals surface area (Å²) in [5.41, 5.74) is -0.719. The highest BCUT2D eigenvalue weighted by Gasteiger charge is 2.44. The first kappa shape index (κ1) is 9.32. The second kappa shape index (κ2) is 2.94. The van der Waals surface area contributed by atoms with Crippen LogP contribution in [0.15, 0.2) is 10.2 Å². The van der Waals surface area contributed by atoms with Gasteiger partial charge in [-0.05, 0) is 13.8 Å². The van der Waals surface area contributed by atoms with Crippen LogP contribution in [0, 0.1) is 5.92 Å². The minimum Gasteiger partial charge on any atom is -0.297 e. The van der Waals surface area contributed by atoms with Crippen molar-refractivity contribution >= 4 is 23.3 Å². The topological polar surface area (TPSA) is 58.9 Å². The summed E-state index contributed by atoms with van der Waals surface area (Å²) < 4.78 is 0. The van der Waals surface area contributed by atoms with Gasteiger partial charge >= 0.3 is 0 Å². The predicted molar refractivity (Wildman–Crippen MR) is 43.2 cm³/mol. The molecule has 1 aliphatic heterocycles. The van der Waals surface area contributed by atoms with Gasteiger partial charge in [0.15, 0.2) is 5.78 Å². The van der Waals surface area contributed by atoms with E-state index in [0.717, 1.165) is 0 Å². The molecule has 1 unspecified atom stereocenters. The van der Waals surface area contributed by atoms with Crippen LogP contribution >= 0.6 is 11.6 Å². The maximum Gasteiger partial charge on any atom is 0.277 e. The summed E-state index contributed by atoms with van der Waals surface area (Å²) in [6, 6.07) is 0. The van der Waals surface area contributed by atoms with Crippen molar-refractivity contribution in [2.75, 3.05) is 5.88 Å². The van der Waals surface area contributed by atoms with Crippen molar-refractivity contribution in [3.63, 3.8) is 0 Å². The number of azo groups is 1. The summed E-state index contributed by atoms with van der Waals surface area (Å²) in [4.78, 5) is 22.2. The van der Waals surface area contributed by atoms with Gasteiger partial charge < -0.3 is 0 Å². The number of hydrogen-bond donors (Lipinski definition) is 0. The molecule has 1 amide bonds. The van der Waals surface area contributed by atoms with Gasteiger partial charge in [-0.25, -0.2) is 0 Å². The predicted octanol–water partition coefficient (Wildman–Crippen LogP) is 1.18. The minimum atomic E-state index is -0.782. The van der Waals surface area contributed by atoms with E-state index >= 15 is 0 Å². The van der Waals surface area contributed by atoms with E-state index in [9.17, 15) is 9.59 Å². The first-order valence-corrected chi connectivity index (χ1v) is 4.08. The quantitative estimate of drug-likeness (QED) is 0.483. The molecule has 1 aliphatic rings. The van der Waals surface area contributed by atoms with Gasteiger partial charge in [-0.15, -0.1) is 16.7 Å².